The van der Waals surface area contributed by atoms with Crippen LogP contribution in [0.5, 0.6) is 17.2 Å². The van der Waals surface area contributed by atoms with Crippen LogP contribution in [0.3, 0.4) is 0 Å². The van der Waals surface area contributed by atoms with E-state index in [1.807, 2.05) is 0 Å². The molecule has 152 valence electrons. The number of anilines is 1. The van der Waals surface area contributed by atoms with Crippen LogP contribution in [0.4, 0.5) is 5.69 Å². The van der Waals surface area contributed by atoms with Crippen molar-refractivity contribution >= 4 is 23.6 Å². The van der Waals surface area contributed by atoms with Crippen molar-refractivity contribution in [3.05, 3.63) is 66.3 Å². The third kappa shape index (κ3) is 5.62. The second-order valence-corrected chi connectivity index (χ2v) is 5.83. The van der Waals surface area contributed by atoms with E-state index in [2.05, 4.69) is 17.2 Å². The standard InChI is InChI=1S/C22H24N2O5/c1-5-12-23-22(26)16-8-6-7-9-17(16)24-20(25)11-10-15-13-18(27-2)21(29-4)19(14-15)28-3/h5-11,13-14H,1,12H2,2-4H3,(H,23,26)(H,24,25)/b11-10+. The van der Waals surface area contributed by atoms with E-state index in [0.29, 0.717) is 40.6 Å². The molecule has 0 aliphatic rings. The fraction of sp³-hybridized carbons (Fsp3) is 0.182. The lowest BCUT2D eigenvalue weighted by molar-refractivity contribution is -0.111. The minimum Gasteiger partial charge on any atom is -0.493 e. The number of para-hydroxylation sites is 1. The zero-order valence-corrected chi connectivity index (χ0v) is 16.7. The highest BCUT2D eigenvalue weighted by atomic mass is 16.5. The van der Waals surface area contributed by atoms with E-state index in [9.17, 15) is 9.59 Å². The average Bonchev–Trinajstić information content (AvgIpc) is 2.75. The van der Waals surface area contributed by atoms with Gasteiger partial charge in [0.25, 0.3) is 5.91 Å². The maximum atomic E-state index is 12.4. The van der Waals surface area contributed by atoms with Gasteiger partial charge < -0.3 is 24.8 Å². The Labute approximate surface area is 170 Å². The van der Waals surface area contributed by atoms with Crippen molar-refractivity contribution in [3.8, 4) is 17.2 Å². The lowest BCUT2D eigenvalue weighted by Gasteiger charge is -2.13. The number of amides is 2. The summed E-state index contributed by atoms with van der Waals surface area (Å²) in [6.45, 7) is 3.90. The number of ether oxygens (including phenoxy) is 3. The third-order valence-corrected chi connectivity index (χ3v) is 3.95. The summed E-state index contributed by atoms with van der Waals surface area (Å²) >= 11 is 0. The van der Waals surface area contributed by atoms with Crippen molar-refractivity contribution in [2.24, 2.45) is 0 Å². The van der Waals surface area contributed by atoms with E-state index in [-0.39, 0.29) is 11.8 Å². The highest BCUT2D eigenvalue weighted by Gasteiger charge is 2.13. The second kappa shape index (κ2) is 10.6. The molecule has 0 atom stereocenters. The summed E-state index contributed by atoms with van der Waals surface area (Å²) in [5.41, 5.74) is 1.46. The number of hydrogen-bond donors (Lipinski definition) is 2. The molecule has 2 aromatic carbocycles. The number of methoxy groups -OCH3 is 3. The van der Waals surface area contributed by atoms with Crippen molar-refractivity contribution < 1.29 is 23.8 Å². The van der Waals surface area contributed by atoms with E-state index >= 15 is 0 Å². The molecular weight excluding hydrogens is 372 g/mol. The minimum absolute atomic E-state index is 0.297. The summed E-state index contributed by atoms with van der Waals surface area (Å²) in [6.07, 6.45) is 4.55. The van der Waals surface area contributed by atoms with E-state index in [4.69, 9.17) is 14.2 Å². The van der Waals surface area contributed by atoms with Gasteiger partial charge in [0.05, 0.1) is 32.6 Å². The molecule has 0 unspecified atom stereocenters. The molecule has 7 nitrogen and oxygen atoms in total. The van der Waals surface area contributed by atoms with Crippen LogP contribution in [-0.4, -0.2) is 39.7 Å². The van der Waals surface area contributed by atoms with Gasteiger partial charge in [0.2, 0.25) is 11.7 Å². The van der Waals surface area contributed by atoms with Crippen LogP contribution in [0.2, 0.25) is 0 Å². The Kier molecular flexibility index (Phi) is 7.85. The zero-order chi connectivity index (χ0) is 21.2. The molecule has 0 spiro atoms. The highest BCUT2D eigenvalue weighted by molar-refractivity contribution is 6.07. The number of carbonyl (C=O) groups is 2. The lowest BCUT2D eigenvalue weighted by Crippen LogP contribution is -2.24. The summed E-state index contributed by atoms with van der Waals surface area (Å²) in [5, 5.41) is 5.41. The predicted octanol–water partition coefficient (Wildman–Crippen LogP) is 3.28. The molecule has 0 fully saturated rings. The Morgan fingerprint density at radius 3 is 2.28 bits per heavy atom. The normalized spacial score (nSPS) is 10.3. The van der Waals surface area contributed by atoms with Gasteiger partial charge in [-0.2, -0.15) is 0 Å². The van der Waals surface area contributed by atoms with Gasteiger partial charge in [0.1, 0.15) is 0 Å². The molecule has 0 radical (unpaired) electrons. The van der Waals surface area contributed by atoms with Crippen LogP contribution in [0, 0.1) is 0 Å². The van der Waals surface area contributed by atoms with Crippen LogP contribution in [-0.2, 0) is 4.79 Å². The highest BCUT2D eigenvalue weighted by Crippen LogP contribution is 2.38. The first-order valence-corrected chi connectivity index (χ1v) is 8.81. The van der Waals surface area contributed by atoms with Crippen molar-refractivity contribution in [1.82, 2.24) is 5.32 Å². The molecule has 0 saturated heterocycles. The van der Waals surface area contributed by atoms with Crippen LogP contribution in [0.25, 0.3) is 6.08 Å². The maximum Gasteiger partial charge on any atom is 0.253 e. The smallest absolute Gasteiger partial charge is 0.253 e. The number of carbonyl (C=O) groups excluding carboxylic acids is 2. The van der Waals surface area contributed by atoms with Crippen LogP contribution in [0.1, 0.15) is 15.9 Å². The molecule has 2 amide bonds. The van der Waals surface area contributed by atoms with E-state index < -0.39 is 0 Å². The fourth-order valence-corrected chi connectivity index (χ4v) is 2.59. The van der Waals surface area contributed by atoms with Crippen molar-refractivity contribution in [2.45, 2.75) is 0 Å². The largest absolute Gasteiger partial charge is 0.493 e. The van der Waals surface area contributed by atoms with Gasteiger partial charge in [-0.05, 0) is 35.9 Å². The Bertz CT molecular complexity index is 896. The molecule has 2 aromatic rings. The fourth-order valence-electron chi connectivity index (χ4n) is 2.59. The van der Waals surface area contributed by atoms with E-state index in [0.717, 1.165) is 0 Å². The maximum absolute atomic E-state index is 12.4. The van der Waals surface area contributed by atoms with Crippen LogP contribution in [0.15, 0.2) is 55.1 Å². The van der Waals surface area contributed by atoms with Gasteiger partial charge in [-0.3, -0.25) is 9.59 Å². The Morgan fingerprint density at radius 1 is 1.03 bits per heavy atom. The Hall–Kier alpha value is -3.74. The van der Waals surface area contributed by atoms with E-state index in [1.54, 1.807) is 48.6 Å². The van der Waals surface area contributed by atoms with Crippen LogP contribution < -0.4 is 24.8 Å². The molecule has 0 aliphatic heterocycles. The molecule has 0 bridgehead atoms. The monoisotopic (exact) mass is 396 g/mol. The number of hydrogen-bond acceptors (Lipinski definition) is 5. The number of rotatable bonds is 9. The molecule has 2 rings (SSSR count). The molecule has 0 saturated carbocycles. The first kappa shape index (κ1) is 21.6. The molecular formula is C22H24N2O5. The second-order valence-electron chi connectivity index (χ2n) is 5.83. The third-order valence-electron chi connectivity index (χ3n) is 3.95. The average molecular weight is 396 g/mol. The van der Waals surface area contributed by atoms with Gasteiger partial charge in [-0.15, -0.1) is 6.58 Å². The summed E-state index contributed by atoms with van der Waals surface area (Å²) in [7, 11) is 4.56. The molecule has 29 heavy (non-hydrogen) atoms. The van der Waals surface area contributed by atoms with Gasteiger partial charge >= 0.3 is 0 Å². The van der Waals surface area contributed by atoms with Crippen LogP contribution >= 0.6 is 0 Å². The van der Waals surface area contributed by atoms with Gasteiger partial charge in [0.15, 0.2) is 11.5 Å². The minimum atomic E-state index is -0.386. The van der Waals surface area contributed by atoms with Crippen molar-refractivity contribution in [3.63, 3.8) is 0 Å². The molecule has 2 N–H and O–H groups in total. The van der Waals surface area contributed by atoms with Gasteiger partial charge in [-0.1, -0.05) is 18.2 Å². The Morgan fingerprint density at radius 2 is 1.69 bits per heavy atom. The molecule has 0 heterocycles. The summed E-state index contributed by atoms with van der Waals surface area (Å²) in [4.78, 5) is 24.6. The SMILES string of the molecule is C=CCNC(=O)c1ccccc1NC(=O)/C=C/c1cc(OC)c(OC)c(OC)c1. The quantitative estimate of drug-likeness (QED) is 0.502. The van der Waals surface area contributed by atoms with E-state index in [1.165, 1.54) is 27.4 Å². The number of nitrogens with one attached hydrogen (secondary N) is 2. The van der Waals surface area contributed by atoms with Crippen molar-refractivity contribution in [2.75, 3.05) is 33.2 Å². The number of benzene rings is 2. The first-order chi connectivity index (χ1) is 14.0. The molecule has 7 heteroatoms. The summed E-state index contributed by atoms with van der Waals surface area (Å²) in [6, 6.07) is 10.2. The molecule has 0 aromatic heterocycles. The summed E-state index contributed by atoms with van der Waals surface area (Å²) < 4.78 is 15.9. The summed E-state index contributed by atoms with van der Waals surface area (Å²) in [5.74, 6) is 0.750. The zero-order valence-electron chi connectivity index (χ0n) is 16.7. The first-order valence-electron chi connectivity index (χ1n) is 8.81. The molecule has 0 aliphatic carbocycles. The lowest BCUT2D eigenvalue weighted by atomic mass is 10.1. The Balaban J connectivity index is 2.19. The topological polar surface area (TPSA) is 85.9 Å². The van der Waals surface area contributed by atoms with Crippen molar-refractivity contribution in [1.29, 1.82) is 0 Å². The van der Waals surface area contributed by atoms with Gasteiger partial charge in [0, 0.05) is 12.6 Å². The van der Waals surface area contributed by atoms with Gasteiger partial charge in [-0.25, -0.2) is 0 Å². The predicted molar refractivity (Wildman–Crippen MR) is 113 cm³/mol.